The van der Waals surface area contributed by atoms with Crippen LogP contribution in [0.5, 0.6) is 0 Å². The maximum absolute atomic E-state index is 11.5. The molecule has 2 amide bonds. The molecule has 2 aromatic carbocycles. The second kappa shape index (κ2) is 11.8. The summed E-state index contributed by atoms with van der Waals surface area (Å²) < 4.78 is 10.3. The molecular weight excluding hydrogens is 456 g/mol. The van der Waals surface area contributed by atoms with E-state index in [9.17, 15) is 9.59 Å². The summed E-state index contributed by atoms with van der Waals surface area (Å²) >= 11 is 0. The lowest BCUT2D eigenvalue weighted by Gasteiger charge is -2.08. The molecule has 6 rings (SSSR count). The summed E-state index contributed by atoms with van der Waals surface area (Å²) in [4.78, 5) is 23.0. The van der Waals surface area contributed by atoms with Crippen molar-refractivity contribution in [1.29, 1.82) is 0 Å². The van der Waals surface area contributed by atoms with Crippen LogP contribution in [-0.2, 0) is 22.7 Å². The Bertz CT molecular complexity index is 904. The zero-order valence-corrected chi connectivity index (χ0v) is 20.5. The van der Waals surface area contributed by atoms with Crippen molar-refractivity contribution in [1.82, 2.24) is 21.3 Å². The molecule has 0 spiro atoms. The number of carbonyl (C=O) groups excluding carboxylic acids is 2. The van der Waals surface area contributed by atoms with E-state index in [0.717, 1.165) is 74.1 Å². The third kappa shape index (κ3) is 6.56. The maximum atomic E-state index is 11.5. The monoisotopic (exact) mass is 492 g/mol. The van der Waals surface area contributed by atoms with Gasteiger partial charge in [0.1, 0.15) is 13.2 Å². The van der Waals surface area contributed by atoms with Crippen molar-refractivity contribution in [3.05, 3.63) is 71.8 Å². The molecule has 0 aromatic heterocycles. The van der Waals surface area contributed by atoms with E-state index < -0.39 is 0 Å². The molecule has 8 heteroatoms. The molecule has 2 saturated carbocycles. The lowest BCUT2D eigenvalue weighted by molar-refractivity contribution is 0.138. The van der Waals surface area contributed by atoms with E-state index in [1.807, 2.05) is 60.7 Å². The maximum Gasteiger partial charge on any atom is 0.407 e. The Morgan fingerprint density at radius 3 is 1.36 bits per heavy atom. The molecule has 2 aliphatic carbocycles. The highest BCUT2D eigenvalue weighted by molar-refractivity contribution is 5.67. The zero-order valence-electron chi connectivity index (χ0n) is 20.5. The highest BCUT2D eigenvalue weighted by Crippen LogP contribution is 2.48. The molecule has 36 heavy (non-hydrogen) atoms. The molecule has 2 aromatic rings. The number of rotatable bonds is 8. The Morgan fingerprint density at radius 1 is 0.639 bits per heavy atom. The second-order valence-corrected chi connectivity index (χ2v) is 10.2. The van der Waals surface area contributed by atoms with Gasteiger partial charge in [0.25, 0.3) is 0 Å². The summed E-state index contributed by atoms with van der Waals surface area (Å²) in [6.07, 6.45) is -0.617. The van der Waals surface area contributed by atoms with E-state index in [1.54, 1.807) is 0 Å². The average molecular weight is 493 g/mol. The number of piperidine rings is 2. The molecule has 192 valence electrons. The molecular formula is C28H36N4O4. The first kappa shape index (κ1) is 24.6. The number of ether oxygens (including phenoxy) is 2. The van der Waals surface area contributed by atoms with Gasteiger partial charge in [-0.25, -0.2) is 9.59 Å². The number of fused-ring (bicyclic) bond motifs is 2. The van der Waals surface area contributed by atoms with E-state index in [4.69, 9.17) is 9.47 Å². The standard InChI is InChI=1S/2C14H18N2O2/c2*17-14(18-9-10-4-2-1-3-5-10)16-8-13-11-6-15-7-12(11)13/h2*1-5,11-13,15H,6-9H2,(H,16,17)/t2*11-,12+,13?. The van der Waals surface area contributed by atoms with Gasteiger partial charge in [-0.15, -0.1) is 0 Å². The lowest BCUT2D eigenvalue weighted by Crippen LogP contribution is -2.29. The Morgan fingerprint density at radius 2 is 1.00 bits per heavy atom. The van der Waals surface area contributed by atoms with Crippen LogP contribution in [0.1, 0.15) is 11.1 Å². The van der Waals surface area contributed by atoms with Gasteiger partial charge in [-0.05, 0) is 72.8 Å². The Balaban J connectivity index is 0.000000148. The van der Waals surface area contributed by atoms with Gasteiger partial charge in [0, 0.05) is 13.1 Å². The molecule has 2 saturated heterocycles. The summed E-state index contributed by atoms with van der Waals surface area (Å²) in [6, 6.07) is 19.4. The highest BCUT2D eigenvalue weighted by Gasteiger charge is 2.53. The number of alkyl carbamates (subject to hydrolysis) is 2. The molecule has 4 N–H and O–H groups in total. The number of carbonyl (C=O) groups is 2. The summed E-state index contributed by atoms with van der Waals surface area (Å²) in [5, 5.41) is 12.4. The molecule has 8 nitrogen and oxygen atoms in total. The van der Waals surface area contributed by atoms with Gasteiger partial charge in [0.2, 0.25) is 0 Å². The van der Waals surface area contributed by atoms with Crippen molar-refractivity contribution < 1.29 is 19.1 Å². The van der Waals surface area contributed by atoms with Crippen LogP contribution in [0.4, 0.5) is 9.59 Å². The largest absolute Gasteiger partial charge is 0.445 e. The lowest BCUT2D eigenvalue weighted by atomic mass is 10.2. The Labute approximate surface area is 212 Å². The molecule has 0 bridgehead atoms. The molecule has 6 atom stereocenters. The predicted octanol–water partition coefficient (Wildman–Crippen LogP) is 2.76. The number of hydrogen-bond donors (Lipinski definition) is 4. The number of nitrogens with one attached hydrogen (secondary N) is 4. The summed E-state index contributed by atoms with van der Waals surface area (Å²) in [6.45, 7) is 6.62. The van der Waals surface area contributed by atoms with Crippen LogP contribution in [0.3, 0.4) is 0 Å². The quantitative estimate of drug-likeness (QED) is 0.452. The van der Waals surface area contributed by atoms with E-state index in [-0.39, 0.29) is 12.2 Å². The smallest absolute Gasteiger partial charge is 0.407 e. The van der Waals surface area contributed by atoms with Gasteiger partial charge in [-0.2, -0.15) is 0 Å². The number of hydrogen-bond acceptors (Lipinski definition) is 6. The van der Waals surface area contributed by atoms with Crippen LogP contribution in [0.2, 0.25) is 0 Å². The average Bonchev–Trinajstić information content (AvgIpc) is 3.54. The molecule has 2 unspecified atom stereocenters. The van der Waals surface area contributed by atoms with Crippen molar-refractivity contribution in [2.24, 2.45) is 35.5 Å². The van der Waals surface area contributed by atoms with Gasteiger partial charge in [-0.1, -0.05) is 60.7 Å². The fourth-order valence-electron chi connectivity index (χ4n) is 5.65. The molecule has 0 radical (unpaired) electrons. The van der Waals surface area contributed by atoms with Gasteiger partial charge in [0.15, 0.2) is 0 Å². The predicted molar refractivity (Wildman–Crippen MR) is 136 cm³/mol. The van der Waals surface area contributed by atoms with Crippen LogP contribution >= 0.6 is 0 Å². The molecule has 4 fully saturated rings. The Kier molecular flexibility index (Phi) is 8.03. The van der Waals surface area contributed by atoms with E-state index in [0.29, 0.717) is 25.0 Å². The number of benzene rings is 2. The summed E-state index contributed by atoms with van der Waals surface area (Å²) in [7, 11) is 0. The van der Waals surface area contributed by atoms with Crippen molar-refractivity contribution in [2.45, 2.75) is 13.2 Å². The second-order valence-electron chi connectivity index (χ2n) is 10.2. The van der Waals surface area contributed by atoms with E-state index >= 15 is 0 Å². The summed E-state index contributed by atoms with van der Waals surface area (Å²) in [5.74, 6) is 4.43. The van der Waals surface area contributed by atoms with Gasteiger partial charge < -0.3 is 30.7 Å². The SMILES string of the molecule is O=C(NCC1[C@H]2CNC[C@@H]12)OCc1ccccc1.O=C(NCC1[C@H]2CNC[C@@H]12)OCc1ccccc1. The van der Waals surface area contributed by atoms with Gasteiger partial charge in [0.05, 0.1) is 0 Å². The number of amides is 2. The fourth-order valence-corrected chi connectivity index (χ4v) is 5.65. The Hall–Kier alpha value is -3.10. The minimum absolute atomic E-state index is 0.309. The van der Waals surface area contributed by atoms with Crippen molar-refractivity contribution >= 4 is 12.2 Å². The third-order valence-corrected chi connectivity index (χ3v) is 7.93. The van der Waals surface area contributed by atoms with Crippen LogP contribution in [0.15, 0.2) is 60.7 Å². The van der Waals surface area contributed by atoms with Gasteiger partial charge in [-0.3, -0.25) is 0 Å². The normalized spacial score (nSPS) is 28.6. The van der Waals surface area contributed by atoms with Crippen LogP contribution in [0.25, 0.3) is 0 Å². The zero-order chi connectivity index (χ0) is 24.7. The third-order valence-electron chi connectivity index (χ3n) is 7.93. The van der Waals surface area contributed by atoms with Crippen molar-refractivity contribution in [2.75, 3.05) is 39.3 Å². The fraction of sp³-hybridized carbons (Fsp3) is 0.500. The first-order valence-corrected chi connectivity index (χ1v) is 13.0. The van der Waals surface area contributed by atoms with Crippen LogP contribution in [-0.4, -0.2) is 51.5 Å². The minimum Gasteiger partial charge on any atom is -0.445 e. The van der Waals surface area contributed by atoms with Crippen molar-refractivity contribution in [3.63, 3.8) is 0 Å². The topological polar surface area (TPSA) is 101 Å². The van der Waals surface area contributed by atoms with Crippen LogP contribution in [0, 0.1) is 35.5 Å². The minimum atomic E-state index is -0.309. The first-order valence-electron chi connectivity index (χ1n) is 13.0. The van der Waals surface area contributed by atoms with Crippen molar-refractivity contribution in [3.8, 4) is 0 Å². The first-order chi connectivity index (χ1) is 17.7. The van der Waals surface area contributed by atoms with E-state index in [2.05, 4.69) is 21.3 Å². The van der Waals surface area contributed by atoms with Crippen LogP contribution < -0.4 is 21.3 Å². The molecule has 2 aliphatic heterocycles. The summed E-state index contributed by atoms with van der Waals surface area (Å²) in [5.41, 5.74) is 2.03. The highest BCUT2D eigenvalue weighted by atomic mass is 16.6. The van der Waals surface area contributed by atoms with Gasteiger partial charge >= 0.3 is 12.2 Å². The molecule has 2 heterocycles. The molecule has 4 aliphatic rings. The van der Waals surface area contributed by atoms with E-state index in [1.165, 1.54) is 0 Å².